The van der Waals surface area contributed by atoms with Gasteiger partial charge < -0.3 is 9.84 Å². The van der Waals surface area contributed by atoms with Crippen LogP contribution in [0.15, 0.2) is 24.3 Å². The number of methoxy groups -OCH3 is 1. The minimum Gasteiger partial charge on any atom is -0.497 e. The van der Waals surface area contributed by atoms with Crippen LogP contribution in [0.5, 0.6) is 5.75 Å². The van der Waals surface area contributed by atoms with Crippen molar-refractivity contribution < 1.29 is 9.84 Å². The van der Waals surface area contributed by atoms with Crippen molar-refractivity contribution in [2.45, 2.75) is 51.0 Å². The Morgan fingerprint density at radius 1 is 1.33 bits per heavy atom. The molecule has 1 aliphatic rings. The predicted molar refractivity (Wildman–Crippen MR) is 73.9 cm³/mol. The molecule has 0 aliphatic heterocycles. The standard InChI is InChI=1S/C16H24O2/c1-3-13-7-9-16(17,10-8-13)12-14-5-4-6-15(11-14)18-2/h4-6,11,13,17H,3,7-10,12H2,1-2H3. The zero-order valence-electron chi connectivity index (χ0n) is 11.5. The number of ether oxygens (including phenoxy) is 1. The number of hydrogen-bond acceptors (Lipinski definition) is 2. The number of aliphatic hydroxyl groups is 1. The first-order chi connectivity index (χ1) is 8.65. The second kappa shape index (κ2) is 5.75. The molecule has 0 atom stereocenters. The molecular formula is C16H24O2. The zero-order chi connectivity index (χ0) is 13.0. The molecule has 2 nitrogen and oxygen atoms in total. The van der Waals surface area contributed by atoms with Crippen molar-refractivity contribution in [1.82, 2.24) is 0 Å². The summed E-state index contributed by atoms with van der Waals surface area (Å²) in [4.78, 5) is 0. The molecule has 100 valence electrons. The van der Waals surface area contributed by atoms with E-state index in [4.69, 9.17) is 4.74 Å². The van der Waals surface area contributed by atoms with E-state index in [1.807, 2.05) is 18.2 Å². The van der Waals surface area contributed by atoms with Crippen molar-refractivity contribution in [3.63, 3.8) is 0 Å². The summed E-state index contributed by atoms with van der Waals surface area (Å²) < 4.78 is 5.23. The SMILES string of the molecule is CCC1CCC(O)(Cc2cccc(OC)c2)CC1. The molecule has 0 heterocycles. The molecule has 0 amide bonds. The first kappa shape index (κ1) is 13.4. The van der Waals surface area contributed by atoms with Crippen molar-refractivity contribution in [1.29, 1.82) is 0 Å². The Kier molecular flexibility index (Phi) is 4.28. The topological polar surface area (TPSA) is 29.5 Å². The molecule has 0 radical (unpaired) electrons. The Labute approximate surface area is 110 Å². The number of rotatable bonds is 4. The van der Waals surface area contributed by atoms with E-state index < -0.39 is 5.60 Å². The Morgan fingerprint density at radius 3 is 2.67 bits per heavy atom. The van der Waals surface area contributed by atoms with Gasteiger partial charge in [-0.2, -0.15) is 0 Å². The van der Waals surface area contributed by atoms with Gasteiger partial charge in [-0.3, -0.25) is 0 Å². The van der Waals surface area contributed by atoms with Gasteiger partial charge in [-0.15, -0.1) is 0 Å². The molecule has 2 heteroatoms. The summed E-state index contributed by atoms with van der Waals surface area (Å²) in [5.41, 5.74) is 0.671. The van der Waals surface area contributed by atoms with Crippen LogP contribution in [0.4, 0.5) is 0 Å². The Hall–Kier alpha value is -1.02. The van der Waals surface area contributed by atoms with E-state index in [1.54, 1.807) is 7.11 Å². The highest BCUT2D eigenvalue weighted by atomic mass is 16.5. The van der Waals surface area contributed by atoms with Gasteiger partial charge in [0.2, 0.25) is 0 Å². The molecule has 1 fully saturated rings. The molecule has 1 aromatic carbocycles. The van der Waals surface area contributed by atoms with E-state index in [2.05, 4.69) is 13.0 Å². The fourth-order valence-electron chi connectivity index (χ4n) is 2.96. The third kappa shape index (κ3) is 3.26. The monoisotopic (exact) mass is 248 g/mol. The predicted octanol–water partition coefficient (Wildman–Crippen LogP) is 3.57. The van der Waals surface area contributed by atoms with Gasteiger partial charge in [-0.25, -0.2) is 0 Å². The number of hydrogen-bond donors (Lipinski definition) is 1. The highest BCUT2D eigenvalue weighted by Gasteiger charge is 2.32. The second-order valence-corrected chi connectivity index (χ2v) is 5.60. The molecule has 0 bridgehead atoms. The van der Waals surface area contributed by atoms with Crippen LogP contribution in [0.25, 0.3) is 0 Å². The highest BCUT2D eigenvalue weighted by Crippen LogP contribution is 2.36. The van der Waals surface area contributed by atoms with E-state index in [0.29, 0.717) is 0 Å². The summed E-state index contributed by atoms with van der Waals surface area (Å²) in [5, 5.41) is 10.7. The largest absolute Gasteiger partial charge is 0.497 e. The van der Waals surface area contributed by atoms with Crippen LogP contribution in [0, 0.1) is 5.92 Å². The van der Waals surface area contributed by atoms with Crippen LogP contribution < -0.4 is 4.74 Å². The summed E-state index contributed by atoms with van der Waals surface area (Å²) in [7, 11) is 1.68. The molecule has 2 rings (SSSR count). The van der Waals surface area contributed by atoms with Crippen LogP contribution in [0.2, 0.25) is 0 Å². The third-order valence-electron chi connectivity index (χ3n) is 4.28. The molecule has 0 aromatic heterocycles. The lowest BCUT2D eigenvalue weighted by molar-refractivity contribution is -0.00924. The van der Waals surface area contributed by atoms with Gasteiger partial charge in [-0.1, -0.05) is 25.5 Å². The van der Waals surface area contributed by atoms with Crippen LogP contribution in [-0.2, 0) is 6.42 Å². The van der Waals surface area contributed by atoms with E-state index in [1.165, 1.54) is 12.0 Å². The maximum Gasteiger partial charge on any atom is 0.119 e. The molecule has 0 saturated heterocycles. The van der Waals surface area contributed by atoms with Gasteiger partial charge in [0.05, 0.1) is 12.7 Å². The smallest absolute Gasteiger partial charge is 0.119 e. The fraction of sp³-hybridized carbons (Fsp3) is 0.625. The van der Waals surface area contributed by atoms with Crippen molar-refractivity contribution in [3.05, 3.63) is 29.8 Å². The number of benzene rings is 1. The van der Waals surface area contributed by atoms with Gasteiger partial charge in [0.1, 0.15) is 5.75 Å². The van der Waals surface area contributed by atoms with E-state index in [-0.39, 0.29) is 0 Å². The van der Waals surface area contributed by atoms with Gasteiger partial charge in [0, 0.05) is 6.42 Å². The van der Waals surface area contributed by atoms with E-state index in [9.17, 15) is 5.11 Å². The Balaban J connectivity index is 1.99. The third-order valence-corrected chi connectivity index (χ3v) is 4.28. The van der Waals surface area contributed by atoms with Gasteiger partial charge in [0.15, 0.2) is 0 Å². The summed E-state index contributed by atoms with van der Waals surface area (Å²) in [5.74, 6) is 1.69. The second-order valence-electron chi connectivity index (χ2n) is 5.60. The van der Waals surface area contributed by atoms with Crippen molar-refractivity contribution in [3.8, 4) is 5.75 Å². The first-order valence-corrected chi connectivity index (χ1v) is 7.00. The lowest BCUT2D eigenvalue weighted by Gasteiger charge is -2.36. The summed E-state index contributed by atoms with van der Waals surface area (Å²) in [6.45, 7) is 2.25. The summed E-state index contributed by atoms with van der Waals surface area (Å²) in [6, 6.07) is 8.05. The maximum absolute atomic E-state index is 10.7. The average Bonchev–Trinajstić information content (AvgIpc) is 2.39. The minimum atomic E-state index is -0.502. The minimum absolute atomic E-state index is 0.502. The maximum atomic E-state index is 10.7. The molecular weight excluding hydrogens is 224 g/mol. The average molecular weight is 248 g/mol. The van der Waals surface area contributed by atoms with Crippen molar-refractivity contribution in [2.24, 2.45) is 5.92 Å². The van der Waals surface area contributed by atoms with Gasteiger partial charge in [-0.05, 0) is 49.3 Å². The molecule has 0 unspecified atom stereocenters. The fourth-order valence-corrected chi connectivity index (χ4v) is 2.96. The summed E-state index contributed by atoms with van der Waals surface area (Å²) in [6.07, 6.45) is 6.19. The molecule has 1 aliphatic carbocycles. The highest BCUT2D eigenvalue weighted by molar-refractivity contribution is 5.29. The Bertz CT molecular complexity index is 378. The quantitative estimate of drug-likeness (QED) is 0.882. The molecule has 1 saturated carbocycles. The Morgan fingerprint density at radius 2 is 2.06 bits per heavy atom. The lowest BCUT2D eigenvalue weighted by Crippen LogP contribution is -2.36. The molecule has 18 heavy (non-hydrogen) atoms. The van der Waals surface area contributed by atoms with Gasteiger partial charge in [0.25, 0.3) is 0 Å². The van der Waals surface area contributed by atoms with E-state index in [0.717, 1.165) is 43.8 Å². The van der Waals surface area contributed by atoms with Crippen LogP contribution in [0.1, 0.15) is 44.6 Å². The first-order valence-electron chi connectivity index (χ1n) is 7.00. The zero-order valence-corrected chi connectivity index (χ0v) is 11.5. The van der Waals surface area contributed by atoms with Crippen LogP contribution >= 0.6 is 0 Å². The van der Waals surface area contributed by atoms with E-state index >= 15 is 0 Å². The molecule has 1 aromatic rings. The lowest BCUT2D eigenvalue weighted by atomic mass is 9.75. The molecule has 1 N–H and O–H groups in total. The molecule has 0 spiro atoms. The van der Waals surface area contributed by atoms with Crippen LogP contribution in [-0.4, -0.2) is 17.8 Å². The van der Waals surface area contributed by atoms with Crippen LogP contribution in [0.3, 0.4) is 0 Å². The van der Waals surface area contributed by atoms with Crippen molar-refractivity contribution in [2.75, 3.05) is 7.11 Å². The normalized spacial score (nSPS) is 28.1. The summed E-state index contributed by atoms with van der Waals surface area (Å²) >= 11 is 0. The van der Waals surface area contributed by atoms with Crippen molar-refractivity contribution >= 4 is 0 Å². The van der Waals surface area contributed by atoms with Gasteiger partial charge >= 0.3 is 0 Å².